The van der Waals surface area contributed by atoms with Crippen LogP contribution in [0, 0.1) is 5.21 Å². The highest BCUT2D eigenvalue weighted by Gasteiger charge is 2.18. The van der Waals surface area contributed by atoms with Crippen molar-refractivity contribution in [1.29, 1.82) is 0 Å². The number of hydroxylamine groups is 1. The molecule has 0 saturated heterocycles. The standard InChI is InChI=1S/C15H23NO/c17-16(15-11-5-2-6-12-15)13-7-10-14-8-3-1-4-9-14/h7-8,10,13,15H,1-6,9,11-12H2/b10-7+,16-13+. The first-order valence-corrected chi connectivity index (χ1v) is 7.02. The highest BCUT2D eigenvalue weighted by molar-refractivity contribution is 5.67. The van der Waals surface area contributed by atoms with E-state index in [-0.39, 0.29) is 6.04 Å². The SMILES string of the molecule is [O-]/[N+](=C/C=C/C1=CCCCC1)C1CCCCC1. The van der Waals surface area contributed by atoms with Gasteiger partial charge in [0.25, 0.3) is 0 Å². The summed E-state index contributed by atoms with van der Waals surface area (Å²) in [6.07, 6.45) is 18.9. The lowest BCUT2D eigenvalue weighted by molar-refractivity contribution is -0.500. The summed E-state index contributed by atoms with van der Waals surface area (Å²) in [4.78, 5) is 0. The molecule has 0 N–H and O–H groups in total. The lowest BCUT2D eigenvalue weighted by Gasteiger charge is -2.20. The summed E-state index contributed by atoms with van der Waals surface area (Å²) in [6, 6.07) is 0.230. The van der Waals surface area contributed by atoms with Crippen LogP contribution in [0.3, 0.4) is 0 Å². The van der Waals surface area contributed by atoms with Crippen molar-refractivity contribution in [3.63, 3.8) is 0 Å². The predicted octanol–water partition coefficient (Wildman–Crippen LogP) is 3.96. The fraction of sp³-hybridized carbons (Fsp3) is 0.667. The molecule has 1 saturated carbocycles. The van der Waals surface area contributed by atoms with E-state index in [1.54, 1.807) is 6.21 Å². The van der Waals surface area contributed by atoms with E-state index in [2.05, 4.69) is 12.2 Å². The maximum atomic E-state index is 11.8. The van der Waals surface area contributed by atoms with E-state index in [0.717, 1.165) is 12.8 Å². The Bertz CT molecular complexity index is 322. The van der Waals surface area contributed by atoms with Crippen molar-refractivity contribution in [3.05, 3.63) is 29.0 Å². The summed E-state index contributed by atoms with van der Waals surface area (Å²) >= 11 is 0. The zero-order valence-corrected chi connectivity index (χ0v) is 10.6. The van der Waals surface area contributed by atoms with Crippen LogP contribution in [0.4, 0.5) is 0 Å². The minimum atomic E-state index is 0.230. The molecular weight excluding hydrogens is 210 g/mol. The third-order valence-corrected chi connectivity index (χ3v) is 3.80. The van der Waals surface area contributed by atoms with E-state index in [1.165, 1.54) is 55.3 Å². The molecule has 0 unspecified atom stereocenters. The molecule has 2 nitrogen and oxygen atoms in total. The van der Waals surface area contributed by atoms with Crippen LogP contribution in [0.15, 0.2) is 23.8 Å². The van der Waals surface area contributed by atoms with Gasteiger partial charge < -0.3 is 5.21 Å². The van der Waals surface area contributed by atoms with Gasteiger partial charge in [-0.3, -0.25) is 0 Å². The number of hydrogen-bond acceptors (Lipinski definition) is 1. The summed E-state index contributed by atoms with van der Waals surface area (Å²) in [5.74, 6) is 0. The summed E-state index contributed by atoms with van der Waals surface area (Å²) in [5.41, 5.74) is 1.39. The van der Waals surface area contributed by atoms with Gasteiger partial charge >= 0.3 is 0 Å². The van der Waals surface area contributed by atoms with Crippen LogP contribution in [0.1, 0.15) is 57.8 Å². The van der Waals surface area contributed by atoms with Gasteiger partial charge in [-0.1, -0.05) is 24.1 Å². The highest BCUT2D eigenvalue weighted by atomic mass is 16.5. The molecule has 0 aromatic carbocycles. The molecule has 0 aromatic rings. The second-order valence-corrected chi connectivity index (χ2v) is 5.18. The Balaban J connectivity index is 1.85. The fourth-order valence-electron chi connectivity index (χ4n) is 2.72. The first-order chi connectivity index (χ1) is 8.36. The van der Waals surface area contributed by atoms with Crippen LogP contribution in [0.25, 0.3) is 0 Å². The smallest absolute Gasteiger partial charge is 0.174 e. The van der Waals surface area contributed by atoms with E-state index in [4.69, 9.17) is 0 Å². The lowest BCUT2D eigenvalue weighted by Crippen LogP contribution is -2.24. The average Bonchev–Trinajstić information content (AvgIpc) is 2.41. The maximum absolute atomic E-state index is 11.8. The first-order valence-electron chi connectivity index (χ1n) is 7.02. The molecule has 1 fully saturated rings. The van der Waals surface area contributed by atoms with Crippen molar-refractivity contribution < 1.29 is 4.74 Å². The van der Waals surface area contributed by atoms with E-state index in [1.807, 2.05) is 6.08 Å². The van der Waals surface area contributed by atoms with Crippen LogP contribution >= 0.6 is 0 Å². The average molecular weight is 233 g/mol. The van der Waals surface area contributed by atoms with Crippen molar-refractivity contribution in [2.45, 2.75) is 63.8 Å². The third-order valence-electron chi connectivity index (χ3n) is 3.80. The summed E-state index contributed by atoms with van der Waals surface area (Å²) in [7, 11) is 0. The normalized spacial score (nSPS) is 24.0. The highest BCUT2D eigenvalue weighted by Crippen LogP contribution is 2.20. The summed E-state index contributed by atoms with van der Waals surface area (Å²) in [6.45, 7) is 0. The zero-order valence-electron chi connectivity index (χ0n) is 10.6. The second kappa shape index (κ2) is 6.63. The van der Waals surface area contributed by atoms with E-state index < -0.39 is 0 Å². The molecular formula is C15H23NO. The van der Waals surface area contributed by atoms with Crippen molar-refractivity contribution in [3.8, 4) is 0 Å². The topological polar surface area (TPSA) is 26.1 Å². The largest absolute Gasteiger partial charge is 0.624 e. The van der Waals surface area contributed by atoms with Crippen LogP contribution in [0.5, 0.6) is 0 Å². The van der Waals surface area contributed by atoms with Gasteiger partial charge in [0, 0.05) is 18.9 Å². The lowest BCUT2D eigenvalue weighted by atomic mass is 9.96. The fourth-order valence-corrected chi connectivity index (χ4v) is 2.72. The molecule has 2 aliphatic carbocycles. The molecule has 0 bridgehead atoms. The molecule has 2 rings (SSSR count). The Morgan fingerprint density at radius 2 is 1.94 bits per heavy atom. The molecule has 94 valence electrons. The van der Waals surface area contributed by atoms with E-state index in [0.29, 0.717) is 0 Å². The molecule has 0 aliphatic heterocycles. The van der Waals surface area contributed by atoms with Crippen LogP contribution in [-0.4, -0.2) is 17.0 Å². The van der Waals surface area contributed by atoms with Crippen molar-refractivity contribution in [2.24, 2.45) is 0 Å². The Morgan fingerprint density at radius 3 is 2.65 bits per heavy atom. The van der Waals surface area contributed by atoms with Crippen molar-refractivity contribution in [2.75, 3.05) is 0 Å². The first kappa shape index (κ1) is 12.4. The van der Waals surface area contributed by atoms with Crippen LogP contribution < -0.4 is 0 Å². The molecule has 2 heteroatoms. The molecule has 0 heterocycles. The predicted molar refractivity (Wildman–Crippen MR) is 72.3 cm³/mol. The third kappa shape index (κ3) is 4.03. The van der Waals surface area contributed by atoms with Crippen molar-refractivity contribution >= 4 is 6.21 Å². The van der Waals surface area contributed by atoms with Crippen molar-refractivity contribution in [1.82, 2.24) is 0 Å². The molecule has 0 spiro atoms. The Hall–Kier alpha value is -1.05. The van der Waals surface area contributed by atoms with E-state index >= 15 is 0 Å². The maximum Gasteiger partial charge on any atom is 0.174 e. The molecule has 0 radical (unpaired) electrons. The Morgan fingerprint density at radius 1 is 1.12 bits per heavy atom. The quantitative estimate of drug-likeness (QED) is 0.313. The number of allylic oxidation sites excluding steroid dienone is 4. The van der Waals surface area contributed by atoms with Gasteiger partial charge in [-0.05, 0) is 38.5 Å². The minimum absolute atomic E-state index is 0.230. The van der Waals surface area contributed by atoms with Gasteiger partial charge in [0.1, 0.15) is 0 Å². The summed E-state index contributed by atoms with van der Waals surface area (Å²) in [5, 5.41) is 11.8. The molecule has 0 atom stereocenters. The molecule has 0 amide bonds. The van der Waals surface area contributed by atoms with Crippen LogP contribution in [-0.2, 0) is 0 Å². The number of rotatable bonds is 3. The Kier molecular flexibility index (Phi) is 4.84. The van der Waals surface area contributed by atoms with Gasteiger partial charge in [0.2, 0.25) is 0 Å². The number of nitrogens with zero attached hydrogens (tertiary/aromatic N) is 1. The van der Waals surface area contributed by atoms with Crippen LogP contribution in [0.2, 0.25) is 0 Å². The second-order valence-electron chi connectivity index (χ2n) is 5.18. The van der Waals surface area contributed by atoms with Gasteiger partial charge in [-0.2, -0.15) is 0 Å². The molecule has 0 aromatic heterocycles. The Labute approximate surface area is 104 Å². The van der Waals surface area contributed by atoms with E-state index in [9.17, 15) is 5.21 Å². The van der Waals surface area contributed by atoms with Gasteiger partial charge in [-0.25, -0.2) is 4.74 Å². The monoisotopic (exact) mass is 233 g/mol. The molecule has 17 heavy (non-hydrogen) atoms. The van der Waals surface area contributed by atoms with Gasteiger partial charge in [-0.15, -0.1) is 0 Å². The molecule has 2 aliphatic rings. The number of hydrogen-bond donors (Lipinski definition) is 0. The minimum Gasteiger partial charge on any atom is -0.624 e. The van der Waals surface area contributed by atoms with Gasteiger partial charge in [0.15, 0.2) is 12.3 Å². The summed E-state index contributed by atoms with van der Waals surface area (Å²) < 4.78 is 1.17. The zero-order chi connectivity index (χ0) is 11.9. The van der Waals surface area contributed by atoms with Gasteiger partial charge in [0.05, 0.1) is 0 Å².